The van der Waals surface area contributed by atoms with E-state index in [1.807, 2.05) is 19.1 Å². The van der Waals surface area contributed by atoms with E-state index in [4.69, 9.17) is 23.1 Å². The van der Waals surface area contributed by atoms with Gasteiger partial charge in [0.25, 0.3) is 0 Å². The quantitative estimate of drug-likeness (QED) is 0.758. The fourth-order valence-corrected chi connectivity index (χ4v) is 3.53. The van der Waals surface area contributed by atoms with Crippen LogP contribution in [-0.4, -0.2) is 38.1 Å². The zero-order chi connectivity index (χ0) is 16.1. The molecule has 2 rings (SSSR count). The summed E-state index contributed by atoms with van der Waals surface area (Å²) in [6, 6.07) is 3.74. The maximum Gasteiger partial charge on any atom is 0.233 e. The minimum absolute atomic E-state index is 0.0189. The van der Waals surface area contributed by atoms with E-state index < -0.39 is 0 Å². The molecule has 0 unspecified atom stereocenters. The first-order chi connectivity index (χ1) is 10.5. The summed E-state index contributed by atoms with van der Waals surface area (Å²) in [5, 5.41) is 0.341. The van der Waals surface area contributed by atoms with Gasteiger partial charge in [-0.25, -0.2) is 0 Å². The molecule has 118 valence electrons. The zero-order valence-electron chi connectivity index (χ0n) is 11.8. The summed E-state index contributed by atoms with van der Waals surface area (Å²) < 4.78 is 0.712. The monoisotopic (exact) mass is 358 g/mol. The second-order valence-electron chi connectivity index (χ2n) is 4.24. The number of nitrogens with zero attached hydrogens (tertiary/aromatic N) is 4. The summed E-state index contributed by atoms with van der Waals surface area (Å²) >= 11 is 8.55. The molecule has 7 nitrogen and oxygen atoms in total. The molecule has 2 aromatic heterocycles. The molecule has 0 aliphatic heterocycles. The number of nitrogens with two attached hydrogens (primary N) is 2. The van der Waals surface area contributed by atoms with Crippen molar-refractivity contribution in [1.29, 1.82) is 0 Å². The first-order valence-electron chi connectivity index (χ1n) is 6.39. The van der Waals surface area contributed by atoms with Crippen LogP contribution in [0.15, 0.2) is 17.3 Å². The van der Waals surface area contributed by atoms with Gasteiger partial charge in [-0.1, -0.05) is 23.4 Å². The predicted molar refractivity (Wildman–Crippen MR) is 89.8 cm³/mol. The van der Waals surface area contributed by atoms with Crippen molar-refractivity contribution in [3.63, 3.8) is 0 Å². The average molecular weight is 359 g/mol. The Morgan fingerprint density at radius 1 is 1.32 bits per heavy atom. The molecule has 0 aliphatic carbocycles. The van der Waals surface area contributed by atoms with Crippen LogP contribution in [0.1, 0.15) is 11.8 Å². The smallest absolute Gasteiger partial charge is 0.233 e. The Hall–Kier alpha value is -1.58. The van der Waals surface area contributed by atoms with E-state index in [1.54, 1.807) is 4.90 Å². The minimum atomic E-state index is -0.0189. The number of carbonyl (C=O) groups excluding carboxylic acids is 1. The van der Waals surface area contributed by atoms with E-state index >= 15 is 0 Å². The number of amides is 1. The second-order valence-corrected chi connectivity index (χ2v) is 6.98. The van der Waals surface area contributed by atoms with E-state index in [-0.39, 0.29) is 23.6 Å². The molecule has 2 heterocycles. The van der Waals surface area contributed by atoms with Crippen LogP contribution in [0.2, 0.25) is 4.34 Å². The first kappa shape index (κ1) is 16.8. The Balaban J connectivity index is 1.94. The Labute approximate surface area is 141 Å². The van der Waals surface area contributed by atoms with Crippen LogP contribution in [0.3, 0.4) is 0 Å². The van der Waals surface area contributed by atoms with E-state index in [1.165, 1.54) is 23.1 Å². The van der Waals surface area contributed by atoms with Gasteiger partial charge in [-0.2, -0.15) is 15.0 Å². The molecule has 0 fully saturated rings. The van der Waals surface area contributed by atoms with Crippen molar-refractivity contribution in [2.75, 3.05) is 23.8 Å². The van der Waals surface area contributed by atoms with Gasteiger partial charge in [0, 0.05) is 11.4 Å². The van der Waals surface area contributed by atoms with E-state index in [9.17, 15) is 4.79 Å². The fraction of sp³-hybridized carbons (Fsp3) is 0.333. The number of carbonyl (C=O) groups is 1. The number of anilines is 2. The average Bonchev–Trinajstić information content (AvgIpc) is 2.86. The molecule has 0 atom stereocenters. The van der Waals surface area contributed by atoms with Crippen molar-refractivity contribution >= 4 is 52.5 Å². The molecule has 0 radical (unpaired) electrons. The van der Waals surface area contributed by atoms with Crippen molar-refractivity contribution in [3.8, 4) is 0 Å². The van der Waals surface area contributed by atoms with Crippen LogP contribution in [0.4, 0.5) is 11.9 Å². The second kappa shape index (κ2) is 7.61. The SMILES string of the molecule is CCN(Cc1ccc(Cl)s1)C(=O)CSc1nc(N)nc(N)n1. The lowest BCUT2D eigenvalue weighted by Gasteiger charge is -2.19. The molecule has 22 heavy (non-hydrogen) atoms. The van der Waals surface area contributed by atoms with Crippen LogP contribution in [0.5, 0.6) is 0 Å². The lowest BCUT2D eigenvalue weighted by atomic mass is 10.4. The number of rotatable bonds is 6. The van der Waals surface area contributed by atoms with E-state index in [2.05, 4.69) is 15.0 Å². The Kier molecular flexibility index (Phi) is 5.81. The van der Waals surface area contributed by atoms with Gasteiger partial charge >= 0.3 is 0 Å². The highest BCUT2D eigenvalue weighted by Crippen LogP contribution is 2.23. The van der Waals surface area contributed by atoms with Gasteiger partial charge in [0.15, 0.2) is 5.16 Å². The third-order valence-electron chi connectivity index (χ3n) is 2.68. The summed E-state index contributed by atoms with van der Waals surface area (Å²) in [6.07, 6.45) is 0. The summed E-state index contributed by atoms with van der Waals surface area (Å²) in [5.41, 5.74) is 11.0. The van der Waals surface area contributed by atoms with Gasteiger partial charge in [0.1, 0.15) is 0 Å². The molecule has 4 N–H and O–H groups in total. The highest BCUT2D eigenvalue weighted by atomic mass is 35.5. The summed E-state index contributed by atoms with van der Waals surface area (Å²) in [6.45, 7) is 3.07. The molecule has 2 aromatic rings. The van der Waals surface area contributed by atoms with Gasteiger partial charge < -0.3 is 16.4 Å². The third kappa shape index (κ3) is 4.72. The van der Waals surface area contributed by atoms with Crippen molar-refractivity contribution in [2.24, 2.45) is 0 Å². The maximum atomic E-state index is 12.3. The fourth-order valence-electron chi connectivity index (χ4n) is 1.67. The van der Waals surface area contributed by atoms with Crippen molar-refractivity contribution < 1.29 is 4.79 Å². The van der Waals surface area contributed by atoms with Crippen LogP contribution in [0.25, 0.3) is 0 Å². The normalized spacial score (nSPS) is 10.6. The Morgan fingerprint density at radius 3 is 2.55 bits per heavy atom. The number of hydrogen-bond donors (Lipinski definition) is 2. The van der Waals surface area contributed by atoms with Crippen LogP contribution < -0.4 is 11.5 Å². The number of aromatic nitrogens is 3. The molecular formula is C12H15ClN6OS2. The van der Waals surface area contributed by atoms with Gasteiger partial charge in [-0.15, -0.1) is 11.3 Å². The molecule has 0 aromatic carbocycles. The molecule has 0 saturated heterocycles. The lowest BCUT2D eigenvalue weighted by Crippen LogP contribution is -2.31. The van der Waals surface area contributed by atoms with Crippen molar-refractivity contribution in [1.82, 2.24) is 19.9 Å². The largest absolute Gasteiger partial charge is 0.368 e. The lowest BCUT2D eigenvalue weighted by molar-refractivity contribution is -0.128. The molecule has 0 bridgehead atoms. The first-order valence-corrected chi connectivity index (χ1v) is 8.57. The molecular weight excluding hydrogens is 344 g/mol. The van der Waals surface area contributed by atoms with Crippen LogP contribution in [-0.2, 0) is 11.3 Å². The number of nitrogen functional groups attached to an aromatic ring is 2. The highest BCUT2D eigenvalue weighted by molar-refractivity contribution is 7.99. The van der Waals surface area contributed by atoms with E-state index in [0.29, 0.717) is 22.6 Å². The molecule has 0 spiro atoms. The predicted octanol–water partition coefficient (Wildman–Crippen LogP) is 1.89. The van der Waals surface area contributed by atoms with E-state index in [0.717, 1.165) is 4.88 Å². The maximum absolute atomic E-state index is 12.3. The Bertz CT molecular complexity index is 645. The summed E-state index contributed by atoms with van der Waals surface area (Å²) in [4.78, 5) is 26.6. The summed E-state index contributed by atoms with van der Waals surface area (Å²) in [5.74, 6) is 0.274. The van der Waals surface area contributed by atoms with Gasteiger partial charge in [-0.05, 0) is 19.1 Å². The van der Waals surface area contributed by atoms with Gasteiger partial charge in [-0.3, -0.25) is 4.79 Å². The van der Waals surface area contributed by atoms with Crippen LogP contribution >= 0.6 is 34.7 Å². The summed E-state index contributed by atoms with van der Waals surface area (Å²) in [7, 11) is 0. The van der Waals surface area contributed by atoms with Gasteiger partial charge in [0.2, 0.25) is 17.8 Å². The standard InChI is InChI=1S/C12H15ClN6OS2/c1-2-19(5-7-3-4-8(13)22-7)9(20)6-21-12-17-10(14)16-11(15)18-12/h3-4H,2,5-6H2,1H3,(H4,14,15,16,17,18). The Morgan fingerprint density at radius 2 is 2.00 bits per heavy atom. The minimum Gasteiger partial charge on any atom is -0.368 e. The molecule has 10 heteroatoms. The third-order valence-corrected chi connectivity index (χ3v) is 4.73. The topological polar surface area (TPSA) is 111 Å². The highest BCUT2D eigenvalue weighted by Gasteiger charge is 2.15. The molecule has 1 amide bonds. The molecule has 0 aliphatic rings. The number of thioether (sulfide) groups is 1. The zero-order valence-corrected chi connectivity index (χ0v) is 14.2. The number of hydrogen-bond acceptors (Lipinski definition) is 8. The number of thiophene rings is 1. The molecule has 0 saturated carbocycles. The van der Waals surface area contributed by atoms with Gasteiger partial charge in [0.05, 0.1) is 16.6 Å². The van der Waals surface area contributed by atoms with Crippen molar-refractivity contribution in [2.45, 2.75) is 18.6 Å². The number of halogens is 1. The van der Waals surface area contributed by atoms with Crippen molar-refractivity contribution in [3.05, 3.63) is 21.3 Å². The van der Waals surface area contributed by atoms with Crippen LogP contribution in [0, 0.1) is 0 Å².